The van der Waals surface area contributed by atoms with Crippen LogP contribution in [0.5, 0.6) is 0 Å². The standard InChI is InChI=1S/C14H21N3O3/c1-17(9-10-3-5-20-6-4-10)13-12(14(18)19-2)7-11(15)8-16-13/h7-8,10H,3-6,9,15H2,1-2H3. The number of anilines is 2. The molecule has 0 spiro atoms. The van der Waals surface area contributed by atoms with Crippen LogP contribution in [0.25, 0.3) is 0 Å². The van der Waals surface area contributed by atoms with Crippen LogP contribution >= 0.6 is 0 Å². The summed E-state index contributed by atoms with van der Waals surface area (Å²) in [6, 6.07) is 1.61. The Morgan fingerprint density at radius 3 is 2.90 bits per heavy atom. The van der Waals surface area contributed by atoms with Crippen LogP contribution in [-0.2, 0) is 9.47 Å². The lowest BCUT2D eigenvalue weighted by atomic mass is 10.00. The summed E-state index contributed by atoms with van der Waals surface area (Å²) in [5.74, 6) is 0.745. The van der Waals surface area contributed by atoms with Crippen LogP contribution in [0.2, 0.25) is 0 Å². The summed E-state index contributed by atoms with van der Waals surface area (Å²) in [6.07, 6.45) is 3.63. The number of nitrogen functional groups attached to an aromatic ring is 1. The summed E-state index contributed by atoms with van der Waals surface area (Å²) in [7, 11) is 3.29. The zero-order valence-electron chi connectivity index (χ0n) is 12.0. The van der Waals surface area contributed by atoms with E-state index in [0.29, 0.717) is 23.0 Å². The molecule has 0 aliphatic carbocycles. The van der Waals surface area contributed by atoms with E-state index in [1.807, 2.05) is 11.9 Å². The Morgan fingerprint density at radius 2 is 2.25 bits per heavy atom. The SMILES string of the molecule is COC(=O)c1cc(N)cnc1N(C)CC1CCOCC1. The summed E-state index contributed by atoms with van der Waals surface area (Å²) < 4.78 is 10.1. The number of aromatic nitrogens is 1. The molecule has 2 rings (SSSR count). The van der Waals surface area contributed by atoms with Crippen LogP contribution in [-0.4, -0.2) is 44.9 Å². The van der Waals surface area contributed by atoms with E-state index < -0.39 is 5.97 Å². The molecule has 6 heteroatoms. The quantitative estimate of drug-likeness (QED) is 0.837. The van der Waals surface area contributed by atoms with Gasteiger partial charge in [0.1, 0.15) is 11.4 Å². The maximum Gasteiger partial charge on any atom is 0.341 e. The van der Waals surface area contributed by atoms with Gasteiger partial charge in [-0.1, -0.05) is 0 Å². The number of carbonyl (C=O) groups is 1. The average molecular weight is 279 g/mol. The van der Waals surface area contributed by atoms with E-state index in [1.165, 1.54) is 7.11 Å². The number of carbonyl (C=O) groups excluding carboxylic acids is 1. The van der Waals surface area contributed by atoms with Gasteiger partial charge in [0.2, 0.25) is 0 Å². The lowest BCUT2D eigenvalue weighted by Gasteiger charge is -2.28. The first-order valence-corrected chi connectivity index (χ1v) is 6.74. The molecule has 0 radical (unpaired) electrons. The van der Waals surface area contributed by atoms with Crippen LogP contribution in [0.4, 0.5) is 11.5 Å². The van der Waals surface area contributed by atoms with Gasteiger partial charge in [-0.15, -0.1) is 0 Å². The second kappa shape index (κ2) is 6.56. The topological polar surface area (TPSA) is 77.7 Å². The minimum absolute atomic E-state index is 0.405. The number of nitrogens with zero attached hydrogens (tertiary/aromatic N) is 2. The second-order valence-corrected chi connectivity index (χ2v) is 5.07. The van der Waals surface area contributed by atoms with Gasteiger partial charge in [-0.25, -0.2) is 9.78 Å². The summed E-state index contributed by atoms with van der Waals surface area (Å²) in [5, 5.41) is 0. The first-order chi connectivity index (χ1) is 9.61. The summed E-state index contributed by atoms with van der Waals surface area (Å²) in [4.78, 5) is 18.1. The molecule has 0 amide bonds. The van der Waals surface area contributed by atoms with Crippen molar-refractivity contribution in [3.63, 3.8) is 0 Å². The minimum atomic E-state index is -0.418. The van der Waals surface area contributed by atoms with Crippen molar-refractivity contribution in [2.75, 3.05) is 44.5 Å². The van der Waals surface area contributed by atoms with Crippen molar-refractivity contribution in [1.29, 1.82) is 0 Å². The lowest BCUT2D eigenvalue weighted by Crippen LogP contribution is -2.31. The molecule has 20 heavy (non-hydrogen) atoms. The maximum atomic E-state index is 11.8. The highest BCUT2D eigenvalue weighted by atomic mass is 16.5. The molecule has 0 atom stereocenters. The zero-order chi connectivity index (χ0) is 14.5. The molecule has 1 aliphatic heterocycles. The van der Waals surface area contributed by atoms with Gasteiger partial charge in [-0.05, 0) is 24.8 Å². The van der Waals surface area contributed by atoms with Crippen LogP contribution in [0.1, 0.15) is 23.2 Å². The largest absolute Gasteiger partial charge is 0.465 e. The Hall–Kier alpha value is -1.82. The van der Waals surface area contributed by atoms with Crippen LogP contribution in [0.15, 0.2) is 12.3 Å². The van der Waals surface area contributed by atoms with Crippen molar-refractivity contribution in [3.8, 4) is 0 Å². The molecule has 0 unspecified atom stereocenters. The molecule has 6 nitrogen and oxygen atoms in total. The summed E-state index contributed by atoms with van der Waals surface area (Å²) in [5.41, 5.74) is 6.56. The Kier molecular flexibility index (Phi) is 4.79. The number of ether oxygens (including phenoxy) is 2. The van der Waals surface area contributed by atoms with E-state index >= 15 is 0 Å². The predicted octanol–water partition coefficient (Wildman–Crippen LogP) is 1.31. The molecule has 1 aromatic rings. The third-order valence-electron chi connectivity index (χ3n) is 3.53. The monoisotopic (exact) mass is 279 g/mol. The number of hydrogen-bond donors (Lipinski definition) is 1. The van der Waals surface area contributed by atoms with Crippen molar-refractivity contribution >= 4 is 17.5 Å². The summed E-state index contributed by atoms with van der Waals surface area (Å²) in [6.45, 7) is 2.44. The number of esters is 1. The van der Waals surface area contributed by atoms with Crippen molar-refractivity contribution in [2.24, 2.45) is 5.92 Å². The number of methoxy groups -OCH3 is 1. The maximum absolute atomic E-state index is 11.8. The first kappa shape index (κ1) is 14.6. The normalized spacial score (nSPS) is 15.9. The molecule has 1 saturated heterocycles. The van der Waals surface area contributed by atoms with Crippen LogP contribution < -0.4 is 10.6 Å². The fraction of sp³-hybridized carbons (Fsp3) is 0.571. The average Bonchev–Trinajstić information content (AvgIpc) is 2.47. The molecule has 1 aliphatic rings. The molecule has 1 fully saturated rings. The predicted molar refractivity (Wildman–Crippen MR) is 76.8 cm³/mol. The Balaban J connectivity index is 2.15. The highest BCUT2D eigenvalue weighted by Gasteiger charge is 2.21. The van der Waals surface area contributed by atoms with E-state index in [1.54, 1.807) is 12.3 Å². The van der Waals surface area contributed by atoms with Gasteiger partial charge in [0.15, 0.2) is 0 Å². The Labute approximate surface area is 118 Å². The molecular weight excluding hydrogens is 258 g/mol. The van der Waals surface area contributed by atoms with Gasteiger partial charge in [-0.3, -0.25) is 0 Å². The van der Waals surface area contributed by atoms with E-state index in [2.05, 4.69) is 4.98 Å². The Morgan fingerprint density at radius 1 is 1.55 bits per heavy atom. The molecular formula is C14H21N3O3. The van der Waals surface area contributed by atoms with Gasteiger partial charge < -0.3 is 20.1 Å². The van der Waals surface area contributed by atoms with Gasteiger partial charge in [0, 0.05) is 26.8 Å². The number of rotatable bonds is 4. The lowest BCUT2D eigenvalue weighted by molar-refractivity contribution is 0.0599. The van der Waals surface area contributed by atoms with Crippen molar-refractivity contribution < 1.29 is 14.3 Å². The van der Waals surface area contributed by atoms with Crippen LogP contribution in [0, 0.1) is 5.92 Å². The van der Waals surface area contributed by atoms with Gasteiger partial charge in [0.05, 0.1) is 19.0 Å². The number of nitrogens with two attached hydrogens (primary N) is 1. The van der Waals surface area contributed by atoms with Crippen molar-refractivity contribution in [2.45, 2.75) is 12.8 Å². The van der Waals surface area contributed by atoms with Gasteiger partial charge in [-0.2, -0.15) is 0 Å². The first-order valence-electron chi connectivity index (χ1n) is 6.74. The smallest absolute Gasteiger partial charge is 0.341 e. The third kappa shape index (κ3) is 3.39. The molecule has 0 bridgehead atoms. The fourth-order valence-corrected chi connectivity index (χ4v) is 2.44. The van der Waals surface area contributed by atoms with E-state index in [4.69, 9.17) is 15.2 Å². The van der Waals surface area contributed by atoms with E-state index in [0.717, 1.165) is 32.6 Å². The number of hydrogen-bond acceptors (Lipinski definition) is 6. The van der Waals surface area contributed by atoms with E-state index in [-0.39, 0.29) is 0 Å². The highest BCUT2D eigenvalue weighted by Crippen LogP contribution is 2.23. The molecule has 1 aromatic heterocycles. The highest BCUT2D eigenvalue weighted by molar-refractivity contribution is 5.95. The van der Waals surface area contributed by atoms with Crippen molar-refractivity contribution in [3.05, 3.63) is 17.8 Å². The van der Waals surface area contributed by atoms with Crippen LogP contribution in [0.3, 0.4) is 0 Å². The molecule has 110 valence electrons. The molecule has 2 N–H and O–H groups in total. The minimum Gasteiger partial charge on any atom is -0.465 e. The van der Waals surface area contributed by atoms with E-state index in [9.17, 15) is 4.79 Å². The third-order valence-corrected chi connectivity index (χ3v) is 3.53. The Bertz CT molecular complexity index is 473. The second-order valence-electron chi connectivity index (χ2n) is 5.07. The summed E-state index contributed by atoms with van der Waals surface area (Å²) >= 11 is 0. The molecule has 0 aromatic carbocycles. The van der Waals surface area contributed by atoms with Gasteiger partial charge >= 0.3 is 5.97 Å². The zero-order valence-corrected chi connectivity index (χ0v) is 12.0. The fourth-order valence-electron chi connectivity index (χ4n) is 2.44. The van der Waals surface area contributed by atoms with Crippen molar-refractivity contribution in [1.82, 2.24) is 4.98 Å². The molecule has 0 saturated carbocycles. The van der Waals surface area contributed by atoms with Gasteiger partial charge in [0.25, 0.3) is 0 Å². The number of pyridine rings is 1. The molecule has 2 heterocycles.